The van der Waals surface area contributed by atoms with Gasteiger partial charge in [-0.05, 0) is 68.2 Å². The number of aromatic amines is 1. The number of hydrogen-bond donors (Lipinski definition) is 1. The van der Waals surface area contributed by atoms with Crippen LogP contribution in [0.25, 0.3) is 17.1 Å². The Morgan fingerprint density at radius 3 is 2.69 bits per heavy atom. The Labute approximate surface area is 171 Å². The van der Waals surface area contributed by atoms with Crippen molar-refractivity contribution in [3.05, 3.63) is 65.5 Å². The fraction of sp³-hybridized carbons (Fsp3) is 0.333. The van der Waals surface area contributed by atoms with Gasteiger partial charge in [0, 0.05) is 25.1 Å². The number of likely N-dealkylation sites (tertiary alicyclic amines) is 1. The number of rotatable bonds is 5. The number of fused-ring (bicyclic) bond motifs is 1. The van der Waals surface area contributed by atoms with E-state index in [0.717, 1.165) is 54.1 Å². The molecule has 0 unspecified atom stereocenters. The number of imidazole rings is 1. The molecule has 150 valence electrons. The molecule has 1 aromatic heterocycles. The second-order valence-electron chi connectivity index (χ2n) is 7.58. The van der Waals surface area contributed by atoms with E-state index in [-0.39, 0.29) is 5.91 Å². The summed E-state index contributed by atoms with van der Waals surface area (Å²) in [7, 11) is 0. The van der Waals surface area contributed by atoms with Gasteiger partial charge in [0.25, 0.3) is 0 Å². The molecule has 1 saturated heterocycles. The van der Waals surface area contributed by atoms with E-state index in [2.05, 4.69) is 30.1 Å². The van der Waals surface area contributed by atoms with E-state index in [1.807, 2.05) is 42.2 Å². The number of carbonyl (C=O) groups excluding carboxylic acids is 1. The predicted molar refractivity (Wildman–Crippen MR) is 116 cm³/mol. The summed E-state index contributed by atoms with van der Waals surface area (Å²) >= 11 is 0. The summed E-state index contributed by atoms with van der Waals surface area (Å²) in [5, 5.41) is 0. The van der Waals surface area contributed by atoms with Gasteiger partial charge >= 0.3 is 0 Å². The van der Waals surface area contributed by atoms with Crippen molar-refractivity contribution in [3.8, 4) is 5.75 Å². The summed E-state index contributed by atoms with van der Waals surface area (Å²) in [5.74, 6) is 2.33. The Bertz CT molecular complexity index is 1010. The van der Waals surface area contributed by atoms with Gasteiger partial charge in [0.1, 0.15) is 11.6 Å². The predicted octanol–water partition coefficient (Wildman–Crippen LogP) is 4.69. The summed E-state index contributed by atoms with van der Waals surface area (Å²) in [4.78, 5) is 22.7. The first-order valence-corrected chi connectivity index (χ1v) is 10.3. The molecule has 1 amide bonds. The third kappa shape index (κ3) is 4.50. The number of carbonyl (C=O) groups is 1. The highest BCUT2D eigenvalue weighted by atomic mass is 16.5. The van der Waals surface area contributed by atoms with Crippen LogP contribution < -0.4 is 4.74 Å². The first kappa shape index (κ1) is 19.2. The van der Waals surface area contributed by atoms with Gasteiger partial charge < -0.3 is 14.6 Å². The van der Waals surface area contributed by atoms with Crippen LogP contribution in [0.5, 0.6) is 5.75 Å². The molecule has 2 heterocycles. The third-order valence-corrected chi connectivity index (χ3v) is 5.46. The van der Waals surface area contributed by atoms with E-state index in [1.54, 1.807) is 6.08 Å². The zero-order chi connectivity index (χ0) is 20.2. The van der Waals surface area contributed by atoms with Crippen LogP contribution in [0.15, 0.2) is 48.5 Å². The fourth-order valence-corrected chi connectivity index (χ4v) is 3.82. The molecule has 0 spiro atoms. The molecule has 1 N–H and O–H groups in total. The molecule has 29 heavy (non-hydrogen) atoms. The average Bonchev–Trinajstić information content (AvgIpc) is 3.16. The highest BCUT2D eigenvalue weighted by Crippen LogP contribution is 2.28. The molecule has 1 fully saturated rings. The van der Waals surface area contributed by atoms with Crippen molar-refractivity contribution in [1.82, 2.24) is 14.9 Å². The van der Waals surface area contributed by atoms with Crippen molar-refractivity contribution in [3.63, 3.8) is 0 Å². The van der Waals surface area contributed by atoms with Gasteiger partial charge in [0.2, 0.25) is 5.91 Å². The molecular weight excluding hydrogens is 362 g/mol. The van der Waals surface area contributed by atoms with Crippen LogP contribution in [0, 0.1) is 6.92 Å². The molecule has 1 aliphatic rings. The van der Waals surface area contributed by atoms with E-state index in [0.29, 0.717) is 12.5 Å². The second-order valence-corrected chi connectivity index (χ2v) is 7.58. The maximum Gasteiger partial charge on any atom is 0.246 e. The SMILES string of the molecule is CCOc1ccc(/C=C/C(=O)N2CCC(c3nc4ccc(C)cc4[nH]3)CC2)cc1. The van der Waals surface area contributed by atoms with Crippen LogP contribution in [-0.4, -0.2) is 40.5 Å². The molecule has 0 radical (unpaired) electrons. The molecule has 3 aromatic rings. The maximum absolute atomic E-state index is 12.6. The summed E-state index contributed by atoms with van der Waals surface area (Å²) in [5.41, 5.74) is 4.33. The van der Waals surface area contributed by atoms with E-state index in [9.17, 15) is 4.79 Å². The molecule has 0 aliphatic carbocycles. The number of ether oxygens (including phenoxy) is 1. The van der Waals surface area contributed by atoms with Crippen LogP contribution in [-0.2, 0) is 4.79 Å². The lowest BCUT2D eigenvalue weighted by Gasteiger charge is -2.30. The highest BCUT2D eigenvalue weighted by Gasteiger charge is 2.24. The minimum absolute atomic E-state index is 0.0672. The number of nitrogens with zero attached hydrogens (tertiary/aromatic N) is 2. The van der Waals surface area contributed by atoms with Gasteiger partial charge in [0.05, 0.1) is 17.6 Å². The Morgan fingerprint density at radius 1 is 1.21 bits per heavy atom. The van der Waals surface area contributed by atoms with Crippen LogP contribution >= 0.6 is 0 Å². The number of benzene rings is 2. The molecule has 1 aliphatic heterocycles. The van der Waals surface area contributed by atoms with Gasteiger partial charge in [-0.2, -0.15) is 0 Å². The minimum atomic E-state index is 0.0672. The maximum atomic E-state index is 12.6. The van der Waals surface area contributed by atoms with Crippen LogP contribution in [0.4, 0.5) is 0 Å². The third-order valence-electron chi connectivity index (χ3n) is 5.46. The van der Waals surface area contributed by atoms with Crippen molar-refractivity contribution < 1.29 is 9.53 Å². The molecule has 5 heteroatoms. The van der Waals surface area contributed by atoms with Crippen molar-refractivity contribution >= 4 is 23.0 Å². The topological polar surface area (TPSA) is 58.2 Å². The van der Waals surface area contributed by atoms with Crippen LogP contribution in [0.1, 0.15) is 42.6 Å². The van der Waals surface area contributed by atoms with Gasteiger partial charge in [-0.3, -0.25) is 4.79 Å². The van der Waals surface area contributed by atoms with Crippen molar-refractivity contribution in [2.24, 2.45) is 0 Å². The highest BCUT2D eigenvalue weighted by molar-refractivity contribution is 5.91. The van der Waals surface area contributed by atoms with Crippen molar-refractivity contribution in [2.75, 3.05) is 19.7 Å². The number of nitrogens with one attached hydrogen (secondary N) is 1. The summed E-state index contributed by atoms with van der Waals surface area (Å²) < 4.78 is 5.45. The second kappa shape index (κ2) is 8.52. The van der Waals surface area contributed by atoms with Gasteiger partial charge in [-0.15, -0.1) is 0 Å². The normalized spacial score (nSPS) is 15.3. The summed E-state index contributed by atoms with van der Waals surface area (Å²) in [6, 6.07) is 14.1. The van der Waals surface area contributed by atoms with Crippen LogP contribution in [0.2, 0.25) is 0 Å². The Balaban J connectivity index is 1.34. The zero-order valence-corrected chi connectivity index (χ0v) is 17.0. The molecular formula is C24H27N3O2. The van der Waals surface area contributed by atoms with Gasteiger partial charge in [-0.1, -0.05) is 18.2 Å². The van der Waals surface area contributed by atoms with Gasteiger partial charge in [-0.25, -0.2) is 4.98 Å². The molecule has 2 aromatic carbocycles. The molecule has 0 saturated carbocycles. The molecule has 0 bridgehead atoms. The van der Waals surface area contributed by atoms with E-state index in [1.165, 1.54) is 5.56 Å². The monoisotopic (exact) mass is 389 g/mol. The number of aryl methyl sites for hydroxylation is 1. The molecule has 0 atom stereocenters. The van der Waals surface area contributed by atoms with Crippen molar-refractivity contribution in [1.29, 1.82) is 0 Å². The quantitative estimate of drug-likeness (QED) is 0.644. The van der Waals surface area contributed by atoms with E-state index < -0.39 is 0 Å². The Morgan fingerprint density at radius 2 is 1.97 bits per heavy atom. The largest absolute Gasteiger partial charge is 0.494 e. The smallest absolute Gasteiger partial charge is 0.246 e. The van der Waals surface area contributed by atoms with E-state index in [4.69, 9.17) is 9.72 Å². The standard InChI is InChI=1S/C24H27N3O2/c1-3-29-20-8-5-18(6-9-20)7-11-23(28)27-14-12-19(13-15-27)24-25-21-10-4-17(2)16-22(21)26-24/h4-11,16,19H,3,12-15H2,1-2H3,(H,25,26)/b11-7+. The van der Waals surface area contributed by atoms with Crippen LogP contribution in [0.3, 0.4) is 0 Å². The zero-order valence-electron chi connectivity index (χ0n) is 17.0. The number of amides is 1. The van der Waals surface area contributed by atoms with E-state index >= 15 is 0 Å². The van der Waals surface area contributed by atoms with Crippen molar-refractivity contribution in [2.45, 2.75) is 32.6 Å². The summed E-state index contributed by atoms with van der Waals surface area (Å²) in [6.45, 7) is 6.22. The molecule has 5 nitrogen and oxygen atoms in total. The summed E-state index contributed by atoms with van der Waals surface area (Å²) in [6.07, 6.45) is 5.40. The Kier molecular flexibility index (Phi) is 5.65. The number of hydrogen-bond acceptors (Lipinski definition) is 3. The molecule has 4 rings (SSSR count). The fourth-order valence-electron chi connectivity index (χ4n) is 3.82. The Hall–Kier alpha value is -3.08. The number of H-pyrrole nitrogens is 1. The number of aromatic nitrogens is 2. The lowest BCUT2D eigenvalue weighted by atomic mass is 9.96. The lowest BCUT2D eigenvalue weighted by molar-refractivity contribution is -0.127. The number of piperidine rings is 1. The average molecular weight is 389 g/mol. The first-order chi connectivity index (χ1) is 14.1. The minimum Gasteiger partial charge on any atom is -0.494 e. The van der Waals surface area contributed by atoms with Gasteiger partial charge in [0.15, 0.2) is 0 Å². The first-order valence-electron chi connectivity index (χ1n) is 10.3. The lowest BCUT2D eigenvalue weighted by Crippen LogP contribution is -2.37.